The third-order valence-electron chi connectivity index (χ3n) is 9.04. The van der Waals surface area contributed by atoms with Gasteiger partial charge in [-0.3, -0.25) is 9.32 Å². The Hall–Kier alpha value is -0.420. The van der Waals surface area contributed by atoms with Gasteiger partial charge in [0, 0.05) is 6.42 Å². The Morgan fingerprint density at radius 2 is 0.545 bits per heavy atom. The lowest BCUT2D eigenvalue weighted by atomic mass is 10.0. The molecule has 0 heterocycles. The van der Waals surface area contributed by atoms with Crippen LogP contribution in [-0.4, -0.2) is 27.5 Å². The quantitative estimate of drug-likeness (QED) is 0.0455. The SMILES string of the molecule is O=C(O)CCCCCCCCCCCCCCCCCCCCCCCCCCCCCCCCCCCCOP(=O)(O)O. The second-order valence-electron chi connectivity index (χ2n) is 13.5. The minimum atomic E-state index is -4.28. The molecular formula is C37H75O6P. The second kappa shape index (κ2) is 35.4. The van der Waals surface area contributed by atoms with E-state index in [1.54, 1.807) is 0 Å². The lowest BCUT2D eigenvalue weighted by Crippen LogP contribution is -1.93. The van der Waals surface area contributed by atoms with Gasteiger partial charge in [0.15, 0.2) is 0 Å². The molecule has 0 radical (unpaired) electrons. The number of hydrogen-bond acceptors (Lipinski definition) is 3. The standard InChI is InChI=1S/C37H75O6P/c38-37(39)35-33-31-29-27-25-23-21-19-17-15-13-11-9-7-5-3-1-2-4-6-8-10-12-14-16-18-20-22-24-26-28-30-32-34-36-43-44(40,41)42/h1-36H2,(H,38,39)(H2,40,41,42). The Morgan fingerprint density at radius 3 is 0.727 bits per heavy atom. The molecule has 264 valence electrons. The normalized spacial score (nSPS) is 11.9. The predicted molar refractivity (Wildman–Crippen MR) is 187 cm³/mol. The zero-order valence-corrected chi connectivity index (χ0v) is 29.9. The van der Waals surface area contributed by atoms with Crippen LogP contribution in [0.3, 0.4) is 0 Å². The molecule has 0 aromatic rings. The maximum Gasteiger partial charge on any atom is 0.469 e. The molecule has 0 atom stereocenters. The van der Waals surface area contributed by atoms with E-state index >= 15 is 0 Å². The number of carbonyl (C=O) groups is 1. The van der Waals surface area contributed by atoms with E-state index in [4.69, 9.17) is 14.9 Å². The third-order valence-corrected chi connectivity index (χ3v) is 9.56. The Kier molecular flexibility index (Phi) is 35.1. The highest BCUT2D eigenvalue weighted by Crippen LogP contribution is 2.35. The van der Waals surface area contributed by atoms with Crippen LogP contribution in [0.15, 0.2) is 0 Å². The molecule has 3 N–H and O–H groups in total. The number of phosphoric ester groups is 1. The summed E-state index contributed by atoms with van der Waals surface area (Å²) in [6.45, 7) is 0.164. The minimum Gasteiger partial charge on any atom is -0.481 e. The summed E-state index contributed by atoms with van der Waals surface area (Å²) >= 11 is 0. The molecule has 0 spiro atoms. The number of phosphoric acid groups is 1. The zero-order valence-electron chi connectivity index (χ0n) is 29.0. The minimum absolute atomic E-state index is 0.164. The Balaban J connectivity index is 3.06. The van der Waals surface area contributed by atoms with E-state index in [0.717, 1.165) is 32.1 Å². The number of carboxylic acids is 1. The van der Waals surface area contributed by atoms with E-state index in [2.05, 4.69) is 4.52 Å². The third kappa shape index (κ3) is 41.6. The van der Waals surface area contributed by atoms with Gasteiger partial charge in [-0.25, -0.2) is 4.57 Å². The highest BCUT2D eigenvalue weighted by atomic mass is 31.2. The average molecular weight is 647 g/mol. The average Bonchev–Trinajstić information content (AvgIpc) is 2.98. The molecule has 0 unspecified atom stereocenters. The van der Waals surface area contributed by atoms with E-state index in [9.17, 15) is 9.36 Å². The first kappa shape index (κ1) is 43.6. The summed E-state index contributed by atoms with van der Waals surface area (Å²) in [5, 5.41) is 8.64. The Bertz CT molecular complexity index is 623. The lowest BCUT2D eigenvalue weighted by Gasteiger charge is -2.05. The van der Waals surface area contributed by atoms with Crippen LogP contribution in [0.1, 0.15) is 225 Å². The number of hydrogen-bond donors (Lipinski definition) is 3. The van der Waals surface area contributed by atoms with Crippen molar-refractivity contribution in [2.75, 3.05) is 6.61 Å². The molecule has 0 fully saturated rings. The molecule has 44 heavy (non-hydrogen) atoms. The summed E-state index contributed by atoms with van der Waals surface area (Å²) in [6.07, 6.45) is 45.3. The first-order chi connectivity index (χ1) is 21.4. The van der Waals surface area contributed by atoms with Crippen molar-refractivity contribution in [2.45, 2.75) is 225 Å². The fraction of sp³-hybridized carbons (Fsp3) is 0.973. The first-order valence-corrected chi connectivity index (χ1v) is 20.9. The van der Waals surface area contributed by atoms with E-state index < -0.39 is 13.8 Å². The fourth-order valence-corrected chi connectivity index (χ4v) is 6.59. The highest BCUT2D eigenvalue weighted by molar-refractivity contribution is 7.46. The van der Waals surface area contributed by atoms with Gasteiger partial charge < -0.3 is 14.9 Å². The van der Waals surface area contributed by atoms with Crippen molar-refractivity contribution < 1.29 is 28.8 Å². The number of carboxylic acid groups (broad SMARTS) is 1. The first-order valence-electron chi connectivity index (χ1n) is 19.3. The van der Waals surface area contributed by atoms with Crippen molar-refractivity contribution in [2.24, 2.45) is 0 Å². The van der Waals surface area contributed by atoms with Gasteiger partial charge in [-0.05, 0) is 12.8 Å². The van der Waals surface area contributed by atoms with Crippen molar-refractivity contribution in [3.8, 4) is 0 Å². The molecular weight excluding hydrogens is 571 g/mol. The van der Waals surface area contributed by atoms with Gasteiger partial charge in [0.1, 0.15) is 0 Å². The molecule has 0 saturated carbocycles. The maximum absolute atomic E-state index is 10.6. The summed E-state index contributed by atoms with van der Waals surface area (Å²) in [5.41, 5.74) is 0. The molecule has 0 aromatic carbocycles. The molecule has 7 heteroatoms. The van der Waals surface area contributed by atoms with Gasteiger partial charge in [0.05, 0.1) is 6.61 Å². The highest BCUT2D eigenvalue weighted by Gasteiger charge is 2.12. The van der Waals surface area contributed by atoms with Gasteiger partial charge in [0.25, 0.3) is 0 Å². The van der Waals surface area contributed by atoms with Crippen molar-refractivity contribution in [3.63, 3.8) is 0 Å². The summed E-state index contributed by atoms with van der Waals surface area (Å²) < 4.78 is 15.0. The summed E-state index contributed by atoms with van der Waals surface area (Å²) in [6, 6.07) is 0. The van der Waals surface area contributed by atoms with E-state index in [-0.39, 0.29) is 6.61 Å². The predicted octanol–water partition coefficient (Wildman–Crippen LogP) is 12.8. The van der Waals surface area contributed by atoms with Crippen molar-refractivity contribution in [3.05, 3.63) is 0 Å². The largest absolute Gasteiger partial charge is 0.481 e. The Morgan fingerprint density at radius 1 is 0.364 bits per heavy atom. The van der Waals surface area contributed by atoms with E-state index in [0.29, 0.717) is 6.42 Å². The van der Waals surface area contributed by atoms with Gasteiger partial charge in [0.2, 0.25) is 0 Å². The topological polar surface area (TPSA) is 104 Å². The molecule has 0 saturated heterocycles. The van der Waals surface area contributed by atoms with Crippen LogP contribution in [0.5, 0.6) is 0 Å². The van der Waals surface area contributed by atoms with Gasteiger partial charge in [-0.1, -0.05) is 205 Å². The zero-order chi connectivity index (χ0) is 32.2. The maximum atomic E-state index is 10.6. The van der Waals surface area contributed by atoms with Gasteiger partial charge in [-0.2, -0.15) is 0 Å². The van der Waals surface area contributed by atoms with Crippen LogP contribution >= 0.6 is 7.82 Å². The molecule has 0 aromatic heterocycles. The molecule has 0 aliphatic carbocycles. The Labute approximate surface area is 273 Å². The summed E-state index contributed by atoms with van der Waals surface area (Å²) in [7, 11) is -4.28. The van der Waals surface area contributed by atoms with Crippen molar-refractivity contribution >= 4 is 13.8 Å². The van der Waals surface area contributed by atoms with Gasteiger partial charge >= 0.3 is 13.8 Å². The number of unbranched alkanes of at least 4 members (excludes halogenated alkanes) is 33. The van der Waals surface area contributed by atoms with Crippen molar-refractivity contribution in [1.29, 1.82) is 0 Å². The van der Waals surface area contributed by atoms with E-state index in [1.165, 1.54) is 186 Å². The smallest absolute Gasteiger partial charge is 0.469 e. The molecule has 0 amide bonds. The van der Waals surface area contributed by atoms with Crippen LogP contribution in [0.25, 0.3) is 0 Å². The van der Waals surface area contributed by atoms with Gasteiger partial charge in [-0.15, -0.1) is 0 Å². The van der Waals surface area contributed by atoms with Crippen LogP contribution in [-0.2, 0) is 13.9 Å². The van der Waals surface area contributed by atoms with Crippen LogP contribution < -0.4 is 0 Å². The number of aliphatic carboxylic acids is 1. The summed E-state index contributed by atoms with van der Waals surface area (Å²) in [5.74, 6) is -0.656. The second-order valence-corrected chi connectivity index (χ2v) is 14.7. The fourth-order valence-electron chi connectivity index (χ4n) is 6.22. The molecule has 0 aliphatic heterocycles. The van der Waals surface area contributed by atoms with E-state index in [1.807, 2.05) is 0 Å². The lowest BCUT2D eigenvalue weighted by molar-refractivity contribution is -0.137. The molecule has 0 aliphatic rings. The molecule has 0 rings (SSSR count). The van der Waals surface area contributed by atoms with Crippen LogP contribution in [0, 0.1) is 0 Å². The van der Waals surface area contributed by atoms with Crippen LogP contribution in [0.4, 0.5) is 0 Å². The molecule has 0 bridgehead atoms. The van der Waals surface area contributed by atoms with Crippen molar-refractivity contribution in [1.82, 2.24) is 0 Å². The van der Waals surface area contributed by atoms with Crippen LogP contribution in [0.2, 0.25) is 0 Å². The molecule has 6 nitrogen and oxygen atoms in total. The monoisotopic (exact) mass is 647 g/mol. The number of rotatable bonds is 38. The summed E-state index contributed by atoms with van der Waals surface area (Å²) in [4.78, 5) is 27.7.